The molecule has 2 rings (SSSR count). The zero-order valence-electron chi connectivity index (χ0n) is 12.3. The van der Waals surface area contributed by atoms with E-state index in [9.17, 15) is 0 Å². The molecule has 0 aliphatic rings. The van der Waals surface area contributed by atoms with E-state index in [4.69, 9.17) is 0 Å². The Morgan fingerprint density at radius 3 is 2.85 bits per heavy atom. The third-order valence-electron chi connectivity index (χ3n) is 2.92. The molecule has 20 heavy (non-hydrogen) atoms. The first kappa shape index (κ1) is 15.4. The molecule has 2 heterocycles. The van der Waals surface area contributed by atoms with Gasteiger partial charge in [-0.05, 0) is 44.8 Å². The second-order valence-corrected chi connectivity index (χ2v) is 6.85. The molecule has 2 aromatic heterocycles. The number of aryl methyl sites for hydroxylation is 1. The van der Waals surface area contributed by atoms with Crippen LogP contribution in [0.5, 0.6) is 0 Å². The number of anilines is 2. The zero-order valence-corrected chi connectivity index (χ0v) is 14.0. The molecule has 0 unspecified atom stereocenters. The van der Waals surface area contributed by atoms with Gasteiger partial charge in [-0.3, -0.25) is 0 Å². The molecule has 0 aromatic carbocycles. The van der Waals surface area contributed by atoms with Crippen molar-refractivity contribution < 1.29 is 0 Å². The van der Waals surface area contributed by atoms with Gasteiger partial charge < -0.3 is 10.6 Å². The number of thioether (sulfide) groups is 1. The Kier molecular flexibility index (Phi) is 5.91. The Hall–Kier alpha value is -1.01. The van der Waals surface area contributed by atoms with Crippen molar-refractivity contribution >= 4 is 45.1 Å². The van der Waals surface area contributed by atoms with Crippen LogP contribution in [0.3, 0.4) is 0 Å². The minimum atomic E-state index is 0.716. The van der Waals surface area contributed by atoms with E-state index in [1.807, 2.05) is 11.8 Å². The van der Waals surface area contributed by atoms with E-state index in [-0.39, 0.29) is 0 Å². The van der Waals surface area contributed by atoms with Crippen LogP contribution in [-0.4, -0.2) is 35.1 Å². The number of rotatable bonds is 8. The zero-order chi connectivity index (χ0) is 14.4. The van der Waals surface area contributed by atoms with Gasteiger partial charge in [-0.1, -0.05) is 0 Å². The topological polar surface area (TPSA) is 49.8 Å². The maximum absolute atomic E-state index is 4.59. The molecule has 0 amide bonds. The molecule has 0 aliphatic carbocycles. The normalized spacial score (nSPS) is 10.9. The second kappa shape index (κ2) is 7.69. The summed E-state index contributed by atoms with van der Waals surface area (Å²) in [5.74, 6) is 2.90. The van der Waals surface area contributed by atoms with Crippen molar-refractivity contribution in [1.29, 1.82) is 0 Å². The summed E-state index contributed by atoms with van der Waals surface area (Å²) < 4.78 is 0. The van der Waals surface area contributed by atoms with E-state index in [0.29, 0.717) is 5.95 Å². The summed E-state index contributed by atoms with van der Waals surface area (Å²) in [6, 6.07) is 2.17. The highest BCUT2D eigenvalue weighted by Gasteiger charge is 2.09. The largest absolute Gasteiger partial charge is 0.369 e. The third kappa shape index (κ3) is 3.99. The number of unbranched alkanes of at least 4 members (excludes halogenated alkanes) is 1. The van der Waals surface area contributed by atoms with Gasteiger partial charge in [0.2, 0.25) is 5.95 Å². The molecule has 0 atom stereocenters. The van der Waals surface area contributed by atoms with Crippen molar-refractivity contribution in [3.8, 4) is 0 Å². The van der Waals surface area contributed by atoms with Gasteiger partial charge in [0.05, 0.1) is 5.39 Å². The molecule has 0 saturated carbocycles. The summed E-state index contributed by atoms with van der Waals surface area (Å²) in [7, 11) is 0. The monoisotopic (exact) mass is 310 g/mol. The fourth-order valence-corrected chi connectivity index (χ4v) is 3.36. The highest BCUT2D eigenvalue weighted by atomic mass is 32.2. The molecular formula is C14H22N4S2. The van der Waals surface area contributed by atoms with Gasteiger partial charge in [-0.2, -0.15) is 16.7 Å². The predicted octanol–water partition coefficient (Wildman–Crippen LogP) is 3.99. The van der Waals surface area contributed by atoms with Crippen LogP contribution in [0.4, 0.5) is 11.8 Å². The fraction of sp³-hybridized carbons (Fsp3) is 0.571. The highest BCUT2D eigenvalue weighted by molar-refractivity contribution is 7.98. The number of hydrogen-bond acceptors (Lipinski definition) is 6. The molecule has 0 fully saturated rings. The van der Waals surface area contributed by atoms with Gasteiger partial charge in [0.25, 0.3) is 0 Å². The van der Waals surface area contributed by atoms with Crippen molar-refractivity contribution in [2.45, 2.75) is 26.7 Å². The fourth-order valence-electron chi connectivity index (χ4n) is 1.99. The number of hydrogen-bond donors (Lipinski definition) is 2. The van der Waals surface area contributed by atoms with Gasteiger partial charge in [0.15, 0.2) is 0 Å². The Balaban J connectivity index is 2.12. The molecular weight excluding hydrogens is 288 g/mol. The number of fused-ring (bicyclic) bond motifs is 1. The molecule has 0 radical (unpaired) electrons. The van der Waals surface area contributed by atoms with E-state index >= 15 is 0 Å². The van der Waals surface area contributed by atoms with E-state index in [2.05, 4.69) is 46.8 Å². The Bertz CT molecular complexity index is 553. The summed E-state index contributed by atoms with van der Waals surface area (Å²) in [5.41, 5.74) is 0. The molecule has 2 aromatic rings. The molecule has 2 N–H and O–H groups in total. The summed E-state index contributed by atoms with van der Waals surface area (Å²) in [6.07, 6.45) is 4.56. The van der Waals surface area contributed by atoms with Gasteiger partial charge in [0, 0.05) is 18.0 Å². The van der Waals surface area contributed by atoms with Crippen LogP contribution >= 0.6 is 23.1 Å². The van der Waals surface area contributed by atoms with Crippen molar-refractivity contribution in [2.75, 3.05) is 35.7 Å². The highest BCUT2D eigenvalue weighted by Crippen LogP contribution is 2.29. The van der Waals surface area contributed by atoms with Crippen molar-refractivity contribution in [2.24, 2.45) is 0 Å². The minimum Gasteiger partial charge on any atom is -0.369 e. The van der Waals surface area contributed by atoms with Crippen LogP contribution in [-0.2, 0) is 0 Å². The van der Waals surface area contributed by atoms with Gasteiger partial charge in [0.1, 0.15) is 10.6 Å². The Morgan fingerprint density at radius 1 is 1.25 bits per heavy atom. The lowest BCUT2D eigenvalue weighted by Crippen LogP contribution is -2.08. The Morgan fingerprint density at radius 2 is 2.10 bits per heavy atom. The lowest BCUT2D eigenvalue weighted by atomic mass is 10.3. The maximum atomic E-state index is 4.59. The van der Waals surface area contributed by atoms with E-state index in [1.165, 1.54) is 23.5 Å². The summed E-state index contributed by atoms with van der Waals surface area (Å²) in [5, 5.41) is 7.80. The molecule has 110 valence electrons. The maximum Gasteiger partial charge on any atom is 0.226 e. The van der Waals surface area contributed by atoms with Crippen molar-refractivity contribution in [3.63, 3.8) is 0 Å². The SMILES string of the molecule is CCNc1nc(NCCCCSC)c2cc(C)sc2n1. The molecule has 6 heteroatoms. The minimum absolute atomic E-state index is 0.716. The number of nitrogens with one attached hydrogen (secondary N) is 2. The summed E-state index contributed by atoms with van der Waals surface area (Å²) in [4.78, 5) is 11.5. The van der Waals surface area contributed by atoms with Crippen molar-refractivity contribution in [3.05, 3.63) is 10.9 Å². The van der Waals surface area contributed by atoms with Crippen LogP contribution in [0, 0.1) is 6.92 Å². The average Bonchev–Trinajstić information content (AvgIpc) is 2.79. The lowest BCUT2D eigenvalue weighted by molar-refractivity contribution is 0.840. The molecule has 4 nitrogen and oxygen atoms in total. The first-order valence-electron chi connectivity index (χ1n) is 6.99. The second-order valence-electron chi connectivity index (χ2n) is 4.63. The number of aromatic nitrogens is 2. The summed E-state index contributed by atoms with van der Waals surface area (Å²) in [6.45, 7) is 5.97. The van der Waals surface area contributed by atoms with Crippen LogP contribution in [0.25, 0.3) is 10.2 Å². The standard InChI is InChI=1S/C14H22N4S2/c1-4-15-14-17-12(16-7-5-6-8-19-3)11-9-10(2)20-13(11)18-14/h9H,4-8H2,1-3H3,(H2,15,16,17,18). The average molecular weight is 310 g/mol. The van der Waals surface area contributed by atoms with Crippen molar-refractivity contribution in [1.82, 2.24) is 9.97 Å². The third-order valence-corrected chi connectivity index (χ3v) is 4.56. The lowest BCUT2D eigenvalue weighted by Gasteiger charge is -2.09. The molecule has 0 spiro atoms. The van der Waals surface area contributed by atoms with E-state index < -0.39 is 0 Å². The van der Waals surface area contributed by atoms with Gasteiger partial charge >= 0.3 is 0 Å². The van der Waals surface area contributed by atoms with Crippen LogP contribution in [0.1, 0.15) is 24.6 Å². The molecule has 0 saturated heterocycles. The predicted molar refractivity (Wildman–Crippen MR) is 92.4 cm³/mol. The first-order valence-corrected chi connectivity index (χ1v) is 9.20. The first-order chi connectivity index (χ1) is 9.74. The van der Waals surface area contributed by atoms with E-state index in [0.717, 1.165) is 29.1 Å². The van der Waals surface area contributed by atoms with Crippen LogP contribution in [0.2, 0.25) is 0 Å². The van der Waals surface area contributed by atoms with Gasteiger partial charge in [-0.15, -0.1) is 11.3 Å². The summed E-state index contributed by atoms with van der Waals surface area (Å²) >= 11 is 3.62. The van der Waals surface area contributed by atoms with Crippen LogP contribution < -0.4 is 10.6 Å². The Labute approximate surface area is 128 Å². The quantitative estimate of drug-likeness (QED) is 0.722. The number of thiophene rings is 1. The number of nitrogens with zero attached hydrogens (tertiary/aromatic N) is 2. The van der Waals surface area contributed by atoms with Gasteiger partial charge in [-0.25, -0.2) is 4.98 Å². The van der Waals surface area contributed by atoms with Crippen LogP contribution in [0.15, 0.2) is 6.07 Å². The smallest absolute Gasteiger partial charge is 0.226 e. The van der Waals surface area contributed by atoms with E-state index in [1.54, 1.807) is 11.3 Å². The molecule has 0 aliphatic heterocycles. The molecule has 0 bridgehead atoms.